The molecule has 0 aliphatic heterocycles. The first-order chi connectivity index (χ1) is 10.0. The predicted octanol–water partition coefficient (Wildman–Crippen LogP) is 3.95. The Morgan fingerprint density at radius 3 is 2.48 bits per heavy atom. The second-order valence-electron chi connectivity index (χ2n) is 4.88. The van der Waals surface area contributed by atoms with Crippen molar-refractivity contribution < 1.29 is 4.92 Å². The number of hydrogen-bond donors (Lipinski definition) is 1. The molecule has 0 aromatic heterocycles. The van der Waals surface area contributed by atoms with Crippen LogP contribution >= 0.6 is 0 Å². The number of nitro benzene ring substituents is 1. The summed E-state index contributed by atoms with van der Waals surface area (Å²) in [6, 6.07) is 14.2. The fourth-order valence-corrected chi connectivity index (χ4v) is 2.08. The van der Waals surface area contributed by atoms with Crippen molar-refractivity contribution in [1.82, 2.24) is 0 Å². The summed E-state index contributed by atoms with van der Waals surface area (Å²) in [5, 5.41) is 23.0. The standard InChI is InChI=1S/C16H15N3O2/c1-11-3-8-15(16(9-11)19(20)21)18-12(2)14-6-4-13(10-17)5-7-14/h3-9,12,18H,1-2H3. The molecule has 2 aromatic rings. The van der Waals surface area contributed by atoms with Crippen LogP contribution in [0.1, 0.15) is 29.7 Å². The SMILES string of the molecule is Cc1ccc(NC(C)c2ccc(C#N)cc2)c([N+](=O)[O-])c1. The van der Waals surface area contributed by atoms with Crippen LogP contribution in [0.25, 0.3) is 0 Å². The maximum Gasteiger partial charge on any atom is 0.292 e. The minimum absolute atomic E-state index is 0.0653. The summed E-state index contributed by atoms with van der Waals surface area (Å²) in [5.74, 6) is 0. The molecule has 5 heteroatoms. The van der Waals surface area contributed by atoms with Gasteiger partial charge in [-0.15, -0.1) is 0 Å². The summed E-state index contributed by atoms with van der Waals surface area (Å²) in [5.41, 5.74) is 2.95. The molecule has 1 unspecified atom stereocenters. The first-order valence-electron chi connectivity index (χ1n) is 6.53. The third-order valence-corrected chi connectivity index (χ3v) is 3.26. The van der Waals surface area contributed by atoms with Gasteiger partial charge in [0.15, 0.2) is 0 Å². The smallest absolute Gasteiger partial charge is 0.292 e. The molecule has 0 amide bonds. The van der Waals surface area contributed by atoms with Crippen LogP contribution in [-0.2, 0) is 0 Å². The average Bonchev–Trinajstić information content (AvgIpc) is 2.49. The summed E-state index contributed by atoms with van der Waals surface area (Å²) in [4.78, 5) is 10.7. The van der Waals surface area contributed by atoms with Crippen LogP contribution < -0.4 is 5.32 Å². The highest BCUT2D eigenvalue weighted by molar-refractivity contribution is 5.63. The monoisotopic (exact) mass is 281 g/mol. The van der Waals surface area contributed by atoms with Crippen molar-refractivity contribution >= 4 is 11.4 Å². The van der Waals surface area contributed by atoms with E-state index in [0.717, 1.165) is 11.1 Å². The Labute approximate surface area is 123 Å². The minimum Gasteiger partial charge on any atom is -0.373 e. The lowest BCUT2D eigenvalue weighted by Gasteiger charge is -2.16. The predicted molar refractivity (Wildman–Crippen MR) is 81.0 cm³/mol. The van der Waals surface area contributed by atoms with Crippen LogP contribution in [0, 0.1) is 28.4 Å². The second kappa shape index (κ2) is 6.06. The Morgan fingerprint density at radius 2 is 1.90 bits per heavy atom. The molecule has 0 heterocycles. The quantitative estimate of drug-likeness (QED) is 0.679. The number of nitrogens with zero attached hydrogens (tertiary/aromatic N) is 2. The van der Waals surface area contributed by atoms with E-state index in [1.165, 1.54) is 0 Å². The van der Waals surface area contributed by atoms with Gasteiger partial charge in [-0.05, 0) is 43.2 Å². The maximum atomic E-state index is 11.1. The zero-order valence-corrected chi connectivity index (χ0v) is 11.8. The number of hydrogen-bond acceptors (Lipinski definition) is 4. The van der Waals surface area contributed by atoms with Crippen LogP contribution in [-0.4, -0.2) is 4.92 Å². The molecular formula is C16H15N3O2. The lowest BCUT2D eigenvalue weighted by Crippen LogP contribution is -2.08. The van der Waals surface area contributed by atoms with E-state index >= 15 is 0 Å². The highest BCUT2D eigenvalue weighted by Crippen LogP contribution is 2.29. The number of nitriles is 1. The molecule has 0 bridgehead atoms. The first kappa shape index (κ1) is 14.5. The summed E-state index contributed by atoms with van der Waals surface area (Å²) in [6.45, 7) is 3.74. The summed E-state index contributed by atoms with van der Waals surface area (Å²) < 4.78 is 0. The van der Waals surface area contributed by atoms with Gasteiger partial charge in [0, 0.05) is 12.1 Å². The topological polar surface area (TPSA) is 79.0 Å². The Kier molecular flexibility index (Phi) is 4.19. The van der Waals surface area contributed by atoms with E-state index in [2.05, 4.69) is 11.4 Å². The maximum absolute atomic E-state index is 11.1. The van der Waals surface area contributed by atoms with E-state index in [9.17, 15) is 10.1 Å². The van der Waals surface area contributed by atoms with Crippen molar-refractivity contribution in [3.05, 3.63) is 69.3 Å². The molecule has 1 atom stereocenters. The Morgan fingerprint density at radius 1 is 1.24 bits per heavy atom. The van der Waals surface area contributed by atoms with Crippen molar-refractivity contribution in [2.45, 2.75) is 19.9 Å². The molecule has 21 heavy (non-hydrogen) atoms. The normalized spacial score (nSPS) is 11.5. The zero-order valence-electron chi connectivity index (χ0n) is 11.8. The van der Waals surface area contributed by atoms with Crippen LogP contribution in [0.5, 0.6) is 0 Å². The summed E-state index contributed by atoms with van der Waals surface area (Å²) in [6.07, 6.45) is 0. The third kappa shape index (κ3) is 3.37. The first-order valence-corrected chi connectivity index (χ1v) is 6.53. The molecule has 0 fully saturated rings. The average molecular weight is 281 g/mol. The van der Waals surface area contributed by atoms with Crippen LogP contribution in [0.4, 0.5) is 11.4 Å². The molecule has 1 N–H and O–H groups in total. The number of anilines is 1. The molecule has 5 nitrogen and oxygen atoms in total. The lowest BCUT2D eigenvalue weighted by atomic mass is 10.1. The lowest BCUT2D eigenvalue weighted by molar-refractivity contribution is -0.384. The van der Waals surface area contributed by atoms with E-state index in [4.69, 9.17) is 5.26 Å². The van der Waals surface area contributed by atoms with Gasteiger partial charge < -0.3 is 5.32 Å². The van der Waals surface area contributed by atoms with Gasteiger partial charge in [0.25, 0.3) is 5.69 Å². The van der Waals surface area contributed by atoms with E-state index in [1.54, 1.807) is 24.3 Å². The molecule has 106 valence electrons. The third-order valence-electron chi connectivity index (χ3n) is 3.26. The fourth-order valence-electron chi connectivity index (χ4n) is 2.08. The van der Waals surface area contributed by atoms with Gasteiger partial charge in [0.05, 0.1) is 16.6 Å². The molecule has 0 saturated heterocycles. The van der Waals surface area contributed by atoms with E-state index in [-0.39, 0.29) is 16.7 Å². The van der Waals surface area contributed by atoms with Crippen LogP contribution in [0.3, 0.4) is 0 Å². The molecule has 0 spiro atoms. The van der Waals surface area contributed by atoms with Gasteiger partial charge in [0.1, 0.15) is 5.69 Å². The van der Waals surface area contributed by atoms with Crippen LogP contribution in [0.2, 0.25) is 0 Å². The van der Waals surface area contributed by atoms with E-state index in [0.29, 0.717) is 11.3 Å². The Bertz CT molecular complexity index is 702. The fraction of sp³-hybridized carbons (Fsp3) is 0.188. The number of nitro groups is 1. The van der Waals surface area contributed by atoms with Gasteiger partial charge in [-0.1, -0.05) is 18.2 Å². The molecule has 2 aromatic carbocycles. The van der Waals surface area contributed by atoms with Crippen LogP contribution in [0.15, 0.2) is 42.5 Å². The number of aryl methyl sites for hydroxylation is 1. The van der Waals surface area contributed by atoms with Crippen molar-refractivity contribution in [1.29, 1.82) is 5.26 Å². The van der Waals surface area contributed by atoms with Crippen molar-refractivity contribution in [3.63, 3.8) is 0 Å². The Hall–Kier alpha value is -2.87. The molecular weight excluding hydrogens is 266 g/mol. The van der Waals surface area contributed by atoms with Crippen molar-refractivity contribution in [3.8, 4) is 6.07 Å². The van der Waals surface area contributed by atoms with Gasteiger partial charge in [-0.3, -0.25) is 10.1 Å². The number of rotatable bonds is 4. The number of benzene rings is 2. The molecule has 0 aliphatic carbocycles. The number of nitrogens with one attached hydrogen (secondary N) is 1. The van der Waals surface area contributed by atoms with E-state index < -0.39 is 0 Å². The van der Waals surface area contributed by atoms with Gasteiger partial charge in [-0.2, -0.15) is 5.26 Å². The molecule has 0 radical (unpaired) electrons. The van der Waals surface area contributed by atoms with Crippen molar-refractivity contribution in [2.75, 3.05) is 5.32 Å². The van der Waals surface area contributed by atoms with Gasteiger partial charge in [-0.25, -0.2) is 0 Å². The molecule has 0 aliphatic rings. The summed E-state index contributed by atoms with van der Waals surface area (Å²) in [7, 11) is 0. The zero-order chi connectivity index (χ0) is 15.4. The highest BCUT2D eigenvalue weighted by Gasteiger charge is 2.16. The van der Waals surface area contributed by atoms with E-state index in [1.807, 2.05) is 32.0 Å². The molecule has 0 saturated carbocycles. The van der Waals surface area contributed by atoms with Crippen molar-refractivity contribution in [2.24, 2.45) is 0 Å². The Balaban J connectivity index is 2.24. The second-order valence-corrected chi connectivity index (χ2v) is 4.88. The minimum atomic E-state index is -0.388. The van der Waals surface area contributed by atoms with Gasteiger partial charge in [0.2, 0.25) is 0 Å². The summed E-state index contributed by atoms with van der Waals surface area (Å²) >= 11 is 0. The molecule has 2 rings (SSSR count). The largest absolute Gasteiger partial charge is 0.373 e. The van der Waals surface area contributed by atoms with Gasteiger partial charge >= 0.3 is 0 Å². The highest BCUT2D eigenvalue weighted by atomic mass is 16.6.